The maximum Gasteiger partial charge on any atom is 0.116 e. The molecule has 0 heterocycles. The molecule has 0 bridgehead atoms. The molecule has 0 aliphatic heterocycles. The molecule has 2 aromatic rings. The van der Waals surface area contributed by atoms with Gasteiger partial charge in [-0.3, -0.25) is 0 Å². The average Bonchev–Trinajstić information content (AvgIpc) is 2.28. The molecule has 0 atom stereocenters. The van der Waals surface area contributed by atoms with Gasteiger partial charge in [-0.1, -0.05) is 18.2 Å². The van der Waals surface area contributed by atoms with E-state index in [1.807, 2.05) is 6.92 Å². The highest BCUT2D eigenvalue weighted by atomic mass is 32.2. The molecule has 0 aliphatic rings. The monoisotopic (exact) mass is 230 g/mol. The first-order valence-electron chi connectivity index (χ1n) is 5.14. The second-order valence-electron chi connectivity index (χ2n) is 3.79. The van der Waals surface area contributed by atoms with Crippen LogP contribution in [0.15, 0.2) is 47.4 Å². The lowest BCUT2D eigenvalue weighted by Gasteiger charge is -2.05. The zero-order valence-corrected chi connectivity index (χ0v) is 10.2. The van der Waals surface area contributed by atoms with Crippen molar-refractivity contribution in [2.24, 2.45) is 0 Å². The fourth-order valence-electron chi connectivity index (χ4n) is 1.71. The number of phenols is 1. The van der Waals surface area contributed by atoms with Crippen LogP contribution in [0.25, 0.3) is 11.1 Å². The van der Waals surface area contributed by atoms with Crippen molar-refractivity contribution in [3.8, 4) is 16.9 Å². The normalized spacial score (nSPS) is 10.4. The number of hydrogen-bond acceptors (Lipinski definition) is 2. The maximum atomic E-state index is 9.55. The smallest absolute Gasteiger partial charge is 0.116 e. The number of aromatic hydroxyl groups is 1. The molecule has 2 heteroatoms. The van der Waals surface area contributed by atoms with Crippen LogP contribution < -0.4 is 0 Å². The molecular formula is C14H14OS. The Hall–Kier alpha value is -1.41. The number of benzene rings is 2. The molecule has 82 valence electrons. The van der Waals surface area contributed by atoms with Gasteiger partial charge >= 0.3 is 0 Å². The zero-order chi connectivity index (χ0) is 11.5. The Labute approximate surface area is 100 Å². The predicted octanol–water partition coefficient (Wildman–Crippen LogP) is 4.09. The zero-order valence-electron chi connectivity index (χ0n) is 9.40. The lowest BCUT2D eigenvalue weighted by Crippen LogP contribution is -1.80. The van der Waals surface area contributed by atoms with Crippen molar-refractivity contribution in [3.63, 3.8) is 0 Å². The molecule has 2 rings (SSSR count). The molecule has 2 aromatic carbocycles. The minimum atomic E-state index is 0.323. The van der Waals surface area contributed by atoms with E-state index in [1.165, 1.54) is 4.90 Å². The van der Waals surface area contributed by atoms with E-state index in [2.05, 4.69) is 36.6 Å². The van der Waals surface area contributed by atoms with Crippen molar-refractivity contribution >= 4 is 11.8 Å². The van der Waals surface area contributed by atoms with Crippen LogP contribution in [-0.2, 0) is 0 Å². The molecule has 0 unspecified atom stereocenters. The van der Waals surface area contributed by atoms with Crippen LogP contribution in [-0.4, -0.2) is 11.4 Å². The Morgan fingerprint density at radius 3 is 2.19 bits per heavy atom. The van der Waals surface area contributed by atoms with Crippen molar-refractivity contribution in [1.82, 2.24) is 0 Å². The first-order valence-corrected chi connectivity index (χ1v) is 6.36. The molecule has 0 spiro atoms. The van der Waals surface area contributed by atoms with E-state index < -0.39 is 0 Å². The average molecular weight is 230 g/mol. The summed E-state index contributed by atoms with van der Waals surface area (Å²) in [5.41, 5.74) is 3.27. The second kappa shape index (κ2) is 4.62. The van der Waals surface area contributed by atoms with Gasteiger partial charge in [-0.2, -0.15) is 0 Å². The summed E-state index contributed by atoms with van der Waals surface area (Å²) >= 11 is 1.73. The van der Waals surface area contributed by atoms with Crippen LogP contribution in [0.4, 0.5) is 0 Å². The minimum absolute atomic E-state index is 0.323. The Balaban J connectivity index is 2.42. The Morgan fingerprint density at radius 1 is 0.938 bits per heavy atom. The van der Waals surface area contributed by atoms with Gasteiger partial charge < -0.3 is 5.11 Å². The number of rotatable bonds is 2. The highest BCUT2D eigenvalue weighted by Gasteiger charge is 2.00. The van der Waals surface area contributed by atoms with Crippen molar-refractivity contribution in [2.45, 2.75) is 11.8 Å². The lowest BCUT2D eigenvalue weighted by molar-refractivity contribution is 0.475. The summed E-state index contributed by atoms with van der Waals surface area (Å²) in [4.78, 5) is 1.25. The molecule has 1 nitrogen and oxygen atoms in total. The highest BCUT2D eigenvalue weighted by molar-refractivity contribution is 7.98. The molecule has 0 radical (unpaired) electrons. The fourth-order valence-corrected chi connectivity index (χ4v) is 2.12. The van der Waals surface area contributed by atoms with Crippen molar-refractivity contribution in [3.05, 3.63) is 48.0 Å². The van der Waals surface area contributed by atoms with Crippen molar-refractivity contribution in [2.75, 3.05) is 6.26 Å². The Morgan fingerprint density at radius 2 is 1.62 bits per heavy atom. The van der Waals surface area contributed by atoms with Gasteiger partial charge in [0.05, 0.1) is 0 Å². The summed E-state index contributed by atoms with van der Waals surface area (Å²) in [6, 6.07) is 14.0. The topological polar surface area (TPSA) is 20.2 Å². The van der Waals surface area contributed by atoms with Crippen molar-refractivity contribution < 1.29 is 5.11 Å². The molecule has 16 heavy (non-hydrogen) atoms. The molecule has 0 aromatic heterocycles. The minimum Gasteiger partial charge on any atom is -0.508 e. The van der Waals surface area contributed by atoms with E-state index >= 15 is 0 Å². The van der Waals surface area contributed by atoms with E-state index in [0.29, 0.717) is 5.75 Å². The summed E-state index contributed by atoms with van der Waals surface area (Å²) in [7, 11) is 0. The van der Waals surface area contributed by atoms with Crippen LogP contribution in [0, 0.1) is 6.92 Å². The van der Waals surface area contributed by atoms with E-state index in [4.69, 9.17) is 0 Å². The van der Waals surface area contributed by atoms with Gasteiger partial charge in [-0.25, -0.2) is 0 Å². The van der Waals surface area contributed by atoms with Gasteiger partial charge in [-0.15, -0.1) is 11.8 Å². The molecule has 1 N–H and O–H groups in total. The van der Waals surface area contributed by atoms with Crippen LogP contribution >= 0.6 is 11.8 Å². The summed E-state index contributed by atoms with van der Waals surface area (Å²) in [6.45, 7) is 1.99. The molecule has 0 saturated heterocycles. The van der Waals surface area contributed by atoms with Crippen LogP contribution in [0.3, 0.4) is 0 Å². The summed E-state index contributed by atoms with van der Waals surface area (Å²) in [6.07, 6.45) is 2.06. The summed E-state index contributed by atoms with van der Waals surface area (Å²) in [5.74, 6) is 0.323. The van der Waals surface area contributed by atoms with E-state index in [1.54, 1.807) is 23.9 Å². The van der Waals surface area contributed by atoms with Gasteiger partial charge in [0, 0.05) is 4.90 Å². The van der Waals surface area contributed by atoms with Crippen molar-refractivity contribution in [1.29, 1.82) is 0 Å². The molecular weight excluding hydrogens is 216 g/mol. The third-order valence-electron chi connectivity index (χ3n) is 2.49. The summed E-state index contributed by atoms with van der Waals surface area (Å²) < 4.78 is 0. The standard InChI is InChI=1S/C14H14OS/c1-10-7-12(9-13(15)8-10)11-3-5-14(16-2)6-4-11/h3-9,15H,1-2H3. The second-order valence-corrected chi connectivity index (χ2v) is 4.67. The molecule has 0 aliphatic carbocycles. The fraction of sp³-hybridized carbons (Fsp3) is 0.143. The Bertz CT molecular complexity index is 468. The van der Waals surface area contributed by atoms with Gasteiger partial charge in [0.1, 0.15) is 5.75 Å². The molecule has 0 saturated carbocycles. The SMILES string of the molecule is CSc1ccc(-c2cc(C)cc(O)c2)cc1. The third kappa shape index (κ3) is 2.39. The largest absolute Gasteiger partial charge is 0.508 e. The Kier molecular flexibility index (Phi) is 3.20. The van der Waals surface area contributed by atoms with Crippen LogP contribution in [0.1, 0.15) is 5.56 Å². The number of hydrogen-bond donors (Lipinski definition) is 1. The number of phenolic OH excluding ortho intramolecular Hbond substituents is 1. The number of aryl methyl sites for hydroxylation is 1. The molecule has 0 amide bonds. The molecule has 0 fully saturated rings. The van der Waals surface area contributed by atoms with Gasteiger partial charge in [0.2, 0.25) is 0 Å². The predicted molar refractivity (Wildman–Crippen MR) is 70.1 cm³/mol. The van der Waals surface area contributed by atoms with E-state index in [-0.39, 0.29) is 0 Å². The van der Waals surface area contributed by atoms with E-state index in [0.717, 1.165) is 16.7 Å². The van der Waals surface area contributed by atoms with E-state index in [9.17, 15) is 5.11 Å². The first-order chi connectivity index (χ1) is 7.69. The third-order valence-corrected chi connectivity index (χ3v) is 3.23. The maximum absolute atomic E-state index is 9.55. The summed E-state index contributed by atoms with van der Waals surface area (Å²) in [5, 5.41) is 9.55. The van der Waals surface area contributed by atoms with Crippen LogP contribution in [0.5, 0.6) is 5.75 Å². The first kappa shape index (κ1) is 11.1. The highest BCUT2D eigenvalue weighted by Crippen LogP contribution is 2.26. The van der Waals surface area contributed by atoms with Gasteiger partial charge in [0.25, 0.3) is 0 Å². The number of thioether (sulfide) groups is 1. The van der Waals surface area contributed by atoms with Gasteiger partial charge in [-0.05, 0) is 54.1 Å². The van der Waals surface area contributed by atoms with Crippen LogP contribution in [0.2, 0.25) is 0 Å². The lowest BCUT2D eigenvalue weighted by atomic mass is 10.0. The quantitative estimate of drug-likeness (QED) is 0.784. The van der Waals surface area contributed by atoms with Gasteiger partial charge in [0.15, 0.2) is 0 Å².